The van der Waals surface area contributed by atoms with Crippen LogP contribution in [0.3, 0.4) is 0 Å². The molecule has 2 aromatic rings. The van der Waals surface area contributed by atoms with Gasteiger partial charge in [-0.05, 0) is 25.1 Å². The molecule has 8 heteroatoms. The lowest BCUT2D eigenvalue weighted by Gasteiger charge is -2.09. The van der Waals surface area contributed by atoms with Gasteiger partial charge in [0.1, 0.15) is 4.88 Å². The molecule has 0 fully saturated rings. The van der Waals surface area contributed by atoms with Crippen molar-refractivity contribution in [2.24, 2.45) is 10.9 Å². The Morgan fingerprint density at radius 2 is 2.30 bits per heavy atom. The number of benzene rings is 1. The van der Waals surface area contributed by atoms with E-state index in [1.54, 1.807) is 12.1 Å². The van der Waals surface area contributed by atoms with Crippen molar-refractivity contribution in [2.75, 3.05) is 5.32 Å². The fourth-order valence-electron chi connectivity index (χ4n) is 1.55. The average Bonchev–Trinajstić information content (AvgIpc) is 2.85. The number of hydrogen-bond donors (Lipinski definition) is 3. The minimum atomic E-state index is -0.329. The van der Waals surface area contributed by atoms with Crippen molar-refractivity contribution in [3.05, 3.63) is 44.9 Å². The Labute approximate surface area is 123 Å². The normalized spacial score (nSPS) is 11.4. The summed E-state index contributed by atoms with van der Waals surface area (Å²) >= 11 is 7.17. The Morgan fingerprint density at radius 3 is 2.90 bits per heavy atom. The molecule has 0 aliphatic heterocycles. The molecule has 4 N–H and O–H groups in total. The number of rotatable bonds is 3. The van der Waals surface area contributed by atoms with E-state index in [1.165, 1.54) is 23.6 Å². The number of oxime groups is 1. The van der Waals surface area contributed by atoms with E-state index in [9.17, 15) is 4.79 Å². The molecule has 20 heavy (non-hydrogen) atoms. The monoisotopic (exact) mass is 310 g/mol. The standard InChI is InChI=1S/C12H11ClN4O2S/c1-6-15-5-10(20-6)12(18)16-9-4-7(13)2-3-8(9)11(14)17-19/h2-5,19H,1H3,(H2,14,17)(H,16,18). The SMILES string of the molecule is Cc1ncc(C(=O)Nc2cc(Cl)ccc2/C(N)=N/O)s1. The van der Waals surface area contributed by atoms with Crippen molar-refractivity contribution in [1.29, 1.82) is 0 Å². The highest BCUT2D eigenvalue weighted by atomic mass is 35.5. The first-order chi connectivity index (χ1) is 9.51. The maximum absolute atomic E-state index is 12.1. The molecule has 0 bridgehead atoms. The van der Waals surface area contributed by atoms with Crippen molar-refractivity contribution in [3.8, 4) is 0 Å². The van der Waals surface area contributed by atoms with Gasteiger partial charge in [0.15, 0.2) is 5.84 Å². The number of nitrogens with one attached hydrogen (secondary N) is 1. The van der Waals surface area contributed by atoms with Crippen molar-refractivity contribution in [1.82, 2.24) is 4.98 Å². The third kappa shape index (κ3) is 3.06. The highest BCUT2D eigenvalue weighted by molar-refractivity contribution is 7.13. The van der Waals surface area contributed by atoms with Crippen LogP contribution in [0.5, 0.6) is 0 Å². The maximum Gasteiger partial charge on any atom is 0.267 e. The minimum Gasteiger partial charge on any atom is -0.409 e. The molecular weight excluding hydrogens is 300 g/mol. The fraction of sp³-hybridized carbons (Fsp3) is 0.0833. The van der Waals surface area contributed by atoms with Gasteiger partial charge < -0.3 is 16.3 Å². The first-order valence-corrected chi connectivity index (χ1v) is 6.72. The van der Waals surface area contributed by atoms with Crippen LogP contribution in [0.25, 0.3) is 0 Å². The zero-order chi connectivity index (χ0) is 14.7. The molecule has 1 aromatic carbocycles. The molecule has 0 radical (unpaired) electrons. The third-order valence-electron chi connectivity index (χ3n) is 2.46. The second kappa shape index (κ2) is 5.89. The van der Waals surface area contributed by atoms with Gasteiger partial charge in [-0.3, -0.25) is 4.79 Å². The third-order valence-corrected chi connectivity index (χ3v) is 3.61. The van der Waals surface area contributed by atoms with E-state index in [2.05, 4.69) is 15.5 Å². The highest BCUT2D eigenvalue weighted by Crippen LogP contribution is 2.22. The predicted molar refractivity (Wildman–Crippen MR) is 78.8 cm³/mol. The Morgan fingerprint density at radius 1 is 1.55 bits per heavy atom. The van der Waals surface area contributed by atoms with Gasteiger partial charge >= 0.3 is 0 Å². The molecular formula is C12H11ClN4O2S. The van der Waals surface area contributed by atoms with Crippen LogP contribution < -0.4 is 11.1 Å². The number of halogens is 1. The molecule has 0 aliphatic rings. The Bertz CT molecular complexity index is 684. The molecule has 0 atom stereocenters. The Kier molecular flexibility index (Phi) is 4.21. The first-order valence-electron chi connectivity index (χ1n) is 5.52. The van der Waals surface area contributed by atoms with E-state index < -0.39 is 0 Å². The highest BCUT2D eigenvalue weighted by Gasteiger charge is 2.14. The summed E-state index contributed by atoms with van der Waals surface area (Å²) < 4.78 is 0. The zero-order valence-corrected chi connectivity index (χ0v) is 12.0. The molecule has 0 saturated carbocycles. The van der Waals surface area contributed by atoms with E-state index in [4.69, 9.17) is 22.5 Å². The van der Waals surface area contributed by atoms with Crippen LogP contribution in [0.2, 0.25) is 5.02 Å². The van der Waals surface area contributed by atoms with Crippen LogP contribution in [-0.2, 0) is 0 Å². The Balaban J connectivity index is 2.33. The van der Waals surface area contributed by atoms with Gasteiger partial charge in [-0.2, -0.15) is 0 Å². The summed E-state index contributed by atoms with van der Waals surface area (Å²) in [6, 6.07) is 4.67. The van der Waals surface area contributed by atoms with Crippen LogP contribution in [0.15, 0.2) is 29.6 Å². The van der Waals surface area contributed by atoms with Gasteiger partial charge in [0, 0.05) is 10.6 Å². The number of carbonyl (C=O) groups excluding carboxylic acids is 1. The second-order valence-corrected chi connectivity index (χ2v) is 5.54. The molecule has 1 aromatic heterocycles. The summed E-state index contributed by atoms with van der Waals surface area (Å²) in [5.41, 5.74) is 6.31. The van der Waals surface area contributed by atoms with Crippen molar-refractivity contribution < 1.29 is 10.0 Å². The van der Waals surface area contributed by atoms with Gasteiger partial charge in [-0.1, -0.05) is 16.8 Å². The summed E-state index contributed by atoms with van der Waals surface area (Å²) in [5.74, 6) is -0.442. The Hall–Kier alpha value is -2.12. The number of amides is 1. The van der Waals surface area contributed by atoms with Crippen LogP contribution in [0, 0.1) is 6.92 Å². The van der Waals surface area contributed by atoms with Crippen molar-refractivity contribution >= 4 is 40.4 Å². The number of amidine groups is 1. The lowest BCUT2D eigenvalue weighted by molar-refractivity contribution is 0.103. The number of carbonyl (C=O) groups is 1. The molecule has 1 heterocycles. The van der Waals surface area contributed by atoms with Gasteiger partial charge in [0.05, 0.1) is 16.9 Å². The molecule has 0 saturated heterocycles. The van der Waals surface area contributed by atoms with Crippen LogP contribution in [-0.4, -0.2) is 21.9 Å². The fourth-order valence-corrected chi connectivity index (χ4v) is 2.39. The van der Waals surface area contributed by atoms with Crippen LogP contribution in [0.4, 0.5) is 5.69 Å². The summed E-state index contributed by atoms with van der Waals surface area (Å²) in [7, 11) is 0. The second-order valence-electron chi connectivity index (χ2n) is 3.87. The summed E-state index contributed by atoms with van der Waals surface area (Å²) in [5, 5.41) is 15.6. The number of nitrogens with two attached hydrogens (primary N) is 1. The molecule has 1 amide bonds. The zero-order valence-electron chi connectivity index (χ0n) is 10.4. The number of anilines is 1. The van der Waals surface area contributed by atoms with Gasteiger partial charge in [-0.15, -0.1) is 11.3 Å². The van der Waals surface area contributed by atoms with Gasteiger partial charge in [0.2, 0.25) is 0 Å². The quantitative estimate of drug-likeness (QED) is 0.351. The van der Waals surface area contributed by atoms with Crippen molar-refractivity contribution in [3.63, 3.8) is 0 Å². The average molecular weight is 311 g/mol. The van der Waals surface area contributed by atoms with E-state index in [1.807, 2.05) is 6.92 Å². The summed E-state index contributed by atoms with van der Waals surface area (Å²) in [6.07, 6.45) is 1.49. The number of hydrogen-bond acceptors (Lipinski definition) is 5. The summed E-state index contributed by atoms with van der Waals surface area (Å²) in [6.45, 7) is 1.81. The number of nitrogens with zero attached hydrogens (tertiary/aromatic N) is 2. The van der Waals surface area contributed by atoms with Crippen LogP contribution in [0.1, 0.15) is 20.2 Å². The first kappa shape index (κ1) is 14.3. The van der Waals surface area contributed by atoms with Crippen LogP contribution >= 0.6 is 22.9 Å². The number of thiazole rings is 1. The lowest BCUT2D eigenvalue weighted by Crippen LogP contribution is -2.18. The molecule has 6 nitrogen and oxygen atoms in total. The van der Waals surface area contributed by atoms with E-state index >= 15 is 0 Å². The molecule has 0 unspecified atom stereocenters. The molecule has 2 rings (SSSR count). The van der Waals surface area contributed by atoms with E-state index in [0.717, 1.165) is 5.01 Å². The van der Waals surface area contributed by atoms with E-state index in [0.29, 0.717) is 21.2 Å². The van der Waals surface area contributed by atoms with Crippen molar-refractivity contribution in [2.45, 2.75) is 6.92 Å². The number of aryl methyl sites for hydroxylation is 1. The maximum atomic E-state index is 12.1. The number of aromatic nitrogens is 1. The van der Waals surface area contributed by atoms with E-state index in [-0.39, 0.29) is 11.7 Å². The topological polar surface area (TPSA) is 101 Å². The summed E-state index contributed by atoms with van der Waals surface area (Å²) in [4.78, 5) is 16.6. The minimum absolute atomic E-state index is 0.113. The molecule has 0 spiro atoms. The van der Waals surface area contributed by atoms with Gasteiger partial charge in [0.25, 0.3) is 5.91 Å². The predicted octanol–water partition coefficient (Wildman–Crippen LogP) is 2.45. The lowest BCUT2D eigenvalue weighted by atomic mass is 10.1. The smallest absolute Gasteiger partial charge is 0.267 e. The van der Waals surface area contributed by atoms with Gasteiger partial charge in [-0.25, -0.2) is 4.98 Å². The largest absolute Gasteiger partial charge is 0.409 e. The molecule has 0 aliphatic carbocycles. The molecule has 104 valence electrons.